The quantitative estimate of drug-likeness (QED) is 0.800. The molecule has 0 bridgehead atoms. The Morgan fingerprint density at radius 2 is 2.11 bits per heavy atom. The van der Waals surface area contributed by atoms with Crippen LogP contribution >= 0.6 is 0 Å². The second-order valence-electron chi connectivity index (χ2n) is 4.80. The first-order chi connectivity index (χ1) is 8.74. The summed E-state index contributed by atoms with van der Waals surface area (Å²) in [5, 5.41) is 9.12. The molecule has 18 heavy (non-hydrogen) atoms. The molecular formula is C15H18N2O. The lowest BCUT2D eigenvalue weighted by atomic mass is 9.96. The van der Waals surface area contributed by atoms with E-state index in [1.165, 1.54) is 0 Å². The predicted octanol–water partition coefficient (Wildman–Crippen LogP) is 2.69. The van der Waals surface area contributed by atoms with Gasteiger partial charge in [0.1, 0.15) is 6.04 Å². The van der Waals surface area contributed by atoms with Crippen molar-refractivity contribution in [1.29, 1.82) is 5.26 Å². The van der Waals surface area contributed by atoms with Gasteiger partial charge in [-0.15, -0.1) is 0 Å². The van der Waals surface area contributed by atoms with Gasteiger partial charge in [-0.3, -0.25) is 4.79 Å². The van der Waals surface area contributed by atoms with E-state index < -0.39 is 0 Å². The normalized spacial score (nSPS) is 21.1. The van der Waals surface area contributed by atoms with Crippen LogP contribution in [-0.2, 0) is 4.79 Å². The highest BCUT2D eigenvalue weighted by atomic mass is 16.2. The molecule has 1 aliphatic heterocycles. The Kier molecular flexibility index (Phi) is 3.99. The molecule has 1 amide bonds. The average Bonchev–Trinajstić information content (AvgIpc) is 2.46. The van der Waals surface area contributed by atoms with Crippen LogP contribution in [0.4, 0.5) is 0 Å². The topological polar surface area (TPSA) is 44.1 Å². The predicted molar refractivity (Wildman–Crippen MR) is 69.8 cm³/mol. The lowest BCUT2D eigenvalue weighted by Gasteiger charge is -2.33. The minimum atomic E-state index is -0.239. The molecule has 0 aromatic heterocycles. The molecule has 1 fully saturated rings. The average molecular weight is 242 g/mol. The summed E-state index contributed by atoms with van der Waals surface area (Å²) in [5.41, 5.74) is 1.02. The van der Waals surface area contributed by atoms with E-state index in [-0.39, 0.29) is 17.9 Å². The second kappa shape index (κ2) is 5.68. The minimum absolute atomic E-state index is 0.0763. The van der Waals surface area contributed by atoms with Crippen LogP contribution < -0.4 is 0 Å². The second-order valence-corrected chi connectivity index (χ2v) is 4.80. The van der Waals surface area contributed by atoms with E-state index in [1.54, 1.807) is 4.90 Å². The van der Waals surface area contributed by atoms with Crippen molar-refractivity contribution in [2.45, 2.75) is 38.1 Å². The molecular weight excluding hydrogens is 224 g/mol. The van der Waals surface area contributed by atoms with E-state index in [9.17, 15) is 4.79 Å². The van der Waals surface area contributed by atoms with Crippen LogP contribution in [0.1, 0.15) is 37.7 Å². The first-order valence-corrected chi connectivity index (χ1v) is 6.49. The van der Waals surface area contributed by atoms with E-state index >= 15 is 0 Å². The fraction of sp³-hybridized carbons (Fsp3) is 0.467. The Labute approximate surface area is 108 Å². The third-order valence-electron chi connectivity index (χ3n) is 3.60. The molecule has 0 spiro atoms. The van der Waals surface area contributed by atoms with Crippen molar-refractivity contribution in [2.75, 3.05) is 6.54 Å². The largest absolute Gasteiger partial charge is 0.326 e. The molecule has 1 saturated heterocycles. The van der Waals surface area contributed by atoms with Gasteiger partial charge < -0.3 is 4.90 Å². The fourth-order valence-electron chi connectivity index (χ4n) is 2.46. The summed E-state index contributed by atoms with van der Waals surface area (Å²) >= 11 is 0. The zero-order valence-corrected chi connectivity index (χ0v) is 10.7. The van der Waals surface area contributed by atoms with Crippen molar-refractivity contribution >= 4 is 5.91 Å². The van der Waals surface area contributed by atoms with Crippen molar-refractivity contribution in [3.63, 3.8) is 0 Å². The molecule has 1 aromatic carbocycles. The number of benzene rings is 1. The van der Waals surface area contributed by atoms with Gasteiger partial charge in [0.2, 0.25) is 5.91 Å². The van der Waals surface area contributed by atoms with Gasteiger partial charge in [0, 0.05) is 6.54 Å². The number of likely N-dealkylation sites (tertiary alicyclic amines) is 1. The van der Waals surface area contributed by atoms with Crippen LogP contribution in [0.15, 0.2) is 30.3 Å². The highest BCUT2D eigenvalue weighted by Crippen LogP contribution is 2.23. The van der Waals surface area contributed by atoms with Gasteiger partial charge >= 0.3 is 0 Å². The number of nitriles is 1. The van der Waals surface area contributed by atoms with Crippen molar-refractivity contribution in [3.8, 4) is 6.07 Å². The Morgan fingerprint density at radius 1 is 1.39 bits per heavy atom. The standard InChI is InChI=1S/C15H18N2O/c1-12(13-7-3-2-4-8-13)15(18)17-10-6-5-9-14(17)11-16/h2-4,7-8,12,14H,5-6,9-10H2,1H3. The van der Waals surface area contributed by atoms with Crippen molar-refractivity contribution in [3.05, 3.63) is 35.9 Å². The summed E-state index contributed by atoms with van der Waals surface area (Å²) in [7, 11) is 0. The minimum Gasteiger partial charge on any atom is -0.326 e. The zero-order valence-electron chi connectivity index (χ0n) is 10.7. The van der Waals surface area contributed by atoms with Crippen LogP contribution in [0.3, 0.4) is 0 Å². The fourth-order valence-corrected chi connectivity index (χ4v) is 2.46. The van der Waals surface area contributed by atoms with E-state index in [1.807, 2.05) is 37.3 Å². The summed E-state index contributed by atoms with van der Waals surface area (Å²) in [4.78, 5) is 14.2. The summed E-state index contributed by atoms with van der Waals surface area (Å²) in [6.07, 6.45) is 2.86. The van der Waals surface area contributed by atoms with Gasteiger partial charge in [-0.05, 0) is 31.7 Å². The van der Waals surface area contributed by atoms with Crippen LogP contribution in [0.5, 0.6) is 0 Å². The zero-order chi connectivity index (χ0) is 13.0. The molecule has 1 aromatic rings. The summed E-state index contributed by atoms with van der Waals surface area (Å²) in [6, 6.07) is 11.8. The summed E-state index contributed by atoms with van der Waals surface area (Å²) in [6.45, 7) is 2.63. The first-order valence-electron chi connectivity index (χ1n) is 6.49. The van der Waals surface area contributed by atoms with Gasteiger partial charge in [0.15, 0.2) is 0 Å². The molecule has 94 valence electrons. The van der Waals surface area contributed by atoms with E-state index in [2.05, 4.69) is 6.07 Å². The molecule has 2 atom stereocenters. The van der Waals surface area contributed by atoms with Crippen molar-refractivity contribution in [2.24, 2.45) is 0 Å². The first kappa shape index (κ1) is 12.6. The number of hydrogen-bond donors (Lipinski definition) is 0. The lowest BCUT2D eigenvalue weighted by Crippen LogP contribution is -2.44. The smallest absolute Gasteiger partial charge is 0.230 e. The monoisotopic (exact) mass is 242 g/mol. The van der Waals surface area contributed by atoms with Gasteiger partial charge in [0.25, 0.3) is 0 Å². The Balaban J connectivity index is 2.13. The third-order valence-corrected chi connectivity index (χ3v) is 3.60. The van der Waals surface area contributed by atoms with Crippen LogP contribution in [0.25, 0.3) is 0 Å². The molecule has 1 aliphatic rings. The molecule has 3 heteroatoms. The van der Waals surface area contributed by atoms with Gasteiger partial charge in [-0.25, -0.2) is 0 Å². The third kappa shape index (κ3) is 2.53. The van der Waals surface area contributed by atoms with E-state index in [0.29, 0.717) is 6.54 Å². The van der Waals surface area contributed by atoms with Crippen LogP contribution in [0.2, 0.25) is 0 Å². The Bertz CT molecular complexity index is 449. The molecule has 1 heterocycles. The molecule has 3 nitrogen and oxygen atoms in total. The van der Waals surface area contributed by atoms with Gasteiger partial charge in [-0.1, -0.05) is 30.3 Å². The lowest BCUT2D eigenvalue weighted by molar-refractivity contribution is -0.134. The van der Waals surface area contributed by atoms with Gasteiger partial charge in [0.05, 0.1) is 12.0 Å². The number of hydrogen-bond acceptors (Lipinski definition) is 2. The number of carbonyl (C=O) groups excluding carboxylic acids is 1. The number of carbonyl (C=O) groups is 1. The maximum absolute atomic E-state index is 12.4. The summed E-state index contributed by atoms with van der Waals surface area (Å²) in [5.74, 6) is -0.0902. The van der Waals surface area contributed by atoms with Crippen molar-refractivity contribution < 1.29 is 4.79 Å². The number of nitrogens with zero attached hydrogens (tertiary/aromatic N) is 2. The molecule has 2 rings (SSSR count). The molecule has 0 radical (unpaired) electrons. The molecule has 0 N–H and O–H groups in total. The van der Waals surface area contributed by atoms with E-state index in [0.717, 1.165) is 24.8 Å². The number of rotatable bonds is 2. The molecule has 2 unspecified atom stereocenters. The SMILES string of the molecule is CC(C(=O)N1CCCCC1C#N)c1ccccc1. The molecule has 0 saturated carbocycles. The van der Waals surface area contributed by atoms with Crippen LogP contribution in [-0.4, -0.2) is 23.4 Å². The highest BCUT2D eigenvalue weighted by molar-refractivity contribution is 5.84. The highest BCUT2D eigenvalue weighted by Gasteiger charge is 2.29. The van der Waals surface area contributed by atoms with E-state index in [4.69, 9.17) is 5.26 Å². The summed E-state index contributed by atoms with van der Waals surface area (Å²) < 4.78 is 0. The van der Waals surface area contributed by atoms with Crippen LogP contribution in [0, 0.1) is 11.3 Å². The Morgan fingerprint density at radius 3 is 2.78 bits per heavy atom. The van der Waals surface area contributed by atoms with Gasteiger partial charge in [-0.2, -0.15) is 5.26 Å². The van der Waals surface area contributed by atoms with Crippen molar-refractivity contribution in [1.82, 2.24) is 4.90 Å². The maximum atomic E-state index is 12.4. The Hall–Kier alpha value is -1.82. The molecule has 0 aliphatic carbocycles. The number of amides is 1. The maximum Gasteiger partial charge on any atom is 0.230 e. The number of piperidine rings is 1.